The lowest BCUT2D eigenvalue weighted by Crippen LogP contribution is -2.32. The topological polar surface area (TPSA) is 41.5 Å². The van der Waals surface area contributed by atoms with Crippen LogP contribution in [0.15, 0.2) is 0 Å². The number of rotatable bonds is 10. The van der Waals surface area contributed by atoms with Crippen LogP contribution in [-0.2, 0) is 4.74 Å². The minimum absolute atomic E-state index is 0.533. The molecule has 2 N–H and O–H groups in total. The minimum atomic E-state index is -0.533. The predicted molar refractivity (Wildman–Crippen MR) is 68.7 cm³/mol. The van der Waals surface area contributed by atoms with E-state index in [-0.39, 0.29) is 0 Å². The van der Waals surface area contributed by atoms with Crippen molar-refractivity contribution in [3.05, 3.63) is 0 Å². The van der Waals surface area contributed by atoms with Gasteiger partial charge in [-0.1, -0.05) is 26.7 Å². The second kappa shape index (κ2) is 8.97. The highest BCUT2D eigenvalue weighted by molar-refractivity contribution is 4.76. The third-order valence-electron chi connectivity index (χ3n) is 2.89. The standard InChI is InChI=1S/C13H29NO2/c1-5-6-12(2)11-13(3,15)7-8-14-9-10-16-4/h12,14-15H,5-11H2,1-4H3. The summed E-state index contributed by atoms with van der Waals surface area (Å²) in [6.07, 6.45) is 4.11. The van der Waals surface area contributed by atoms with Crippen LogP contribution in [0.3, 0.4) is 0 Å². The first-order valence-corrected chi connectivity index (χ1v) is 6.44. The van der Waals surface area contributed by atoms with Crippen LogP contribution in [0, 0.1) is 5.92 Å². The van der Waals surface area contributed by atoms with E-state index in [1.54, 1.807) is 7.11 Å². The Morgan fingerprint density at radius 1 is 1.38 bits per heavy atom. The van der Waals surface area contributed by atoms with Gasteiger partial charge in [-0.3, -0.25) is 0 Å². The molecule has 98 valence electrons. The molecule has 0 aromatic rings. The smallest absolute Gasteiger partial charge is 0.0634 e. The van der Waals surface area contributed by atoms with Crippen molar-refractivity contribution < 1.29 is 9.84 Å². The van der Waals surface area contributed by atoms with Crippen molar-refractivity contribution in [2.75, 3.05) is 26.8 Å². The lowest BCUT2D eigenvalue weighted by atomic mass is 9.88. The molecule has 0 aromatic heterocycles. The van der Waals surface area contributed by atoms with Crippen LogP contribution in [0.25, 0.3) is 0 Å². The van der Waals surface area contributed by atoms with Gasteiger partial charge in [-0.2, -0.15) is 0 Å². The van der Waals surface area contributed by atoms with E-state index in [2.05, 4.69) is 19.2 Å². The molecule has 2 unspecified atom stereocenters. The summed E-state index contributed by atoms with van der Waals surface area (Å²) in [5.41, 5.74) is -0.533. The average Bonchev–Trinajstić information content (AvgIpc) is 2.16. The molecule has 3 heteroatoms. The molecule has 3 nitrogen and oxygen atoms in total. The summed E-state index contributed by atoms with van der Waals surface area (Å²) >= 11 is 0. The fourth-order valence-electron chi connectivity index (χ4n) is 2.10. The Kier molecular flexibility index (Phi) is 8.90. The van der Waals surface area contributed by atoms with Gasteiger partial charge >= 0.3 is 0 Å². The maximum atomic E-state index is 10.2. The monoisotopic (exact) mass is 231 g/mol. The van der Waals surface area contributed by atoms with Gasteiger partial charge in [0.15, 0.2) is 0 Å². The van der Waals surface area contributed by atoms with Gasteiger partial charge in [0, 0.05) is 13.7 Å². The van der Waals surface area contributed by atoms with Crippen LogP contribution >= 0.6 is 0 Å². The van der Waals surface area contributed by atoms with Gasteiger partial charge in [-0.15, -0.1) is 0 Å². The Morgan fingerprint density at radius 3 is 2.62 bits per heavy atom. The minimum Gasteiger partial charge on any atom is -0.390 e. The third-order valence-corrected chi connectivity index (χ3v) is 2.89. The van der Waals surface area contributed by atoms with Crippen molar-refractivity contribution in [1.82, 2.24) is 5.32 Å². The molecule has 0 fully saturated rings. The summed E-state index contributed by atoms with van der Waals surface area (Å²) in [6.45, 7) is 8.80. The zero-order valence-corrected chi connectivity index (χ0v) is 11.4. The molecule has 0 saturated heterocycles. The highest BCUT2D eigenvalue weighted by atomic mass is 16.5. The third kappa shape index (κ3) is 9.13. The number of nitrogens with one attached hydrogen (secondary N) is 1. The van der Waals surface area contributed by atoms with E-state index < -0.39 is 5.60 Å². The Morgan fingerprint density at radius 2 is 2.06 bits per heavy atom. The summed E-state index contributed by atoms with van der Waals surface area (Å²) in [5, 5.41) is 13.5. The Balaban J connectivity index is 3.60. The van der Waals surface area contributed by atoms with E-state index in [0.29, 0.717) is 5.92 Å². The fourth-order valence-corrected chi connectivity index (χ4v) is 2.10. The number of hydrogen-bond acceptors (Lipinski definition) is 3. The van der Waals surface area contributed by atoms with Gasteiger partial charge < -0.3 is 15.2 Å². The molecule has 0 bridgehead atoms. The van der Waals surface area contributed by atoms with Crippen LogP contribution < -0.4 is 5.32 Å². The lowest BCUT2D eigenvalue weighted by Gasteiger charge is -2.26. The van der Waals surface area contributed by atoms with E-state index in [1.165, 1.54) is 12.8 Å². The number of aliphatic hydroxyl groups is 1. The first-order chi connectivity index (χ1) is 7.52. The van der Waals surface area contributed by atoms with E-state index in [1.807, 2.05) is 6.92 Å². The largest absolute Gasteiger partial charge is 0.390 e. The summed E-state index contributed by atoms with van der Waals surface area (Å²) in [5.74, 6) is 0.610. The number of ether oxygens (including phenoxy) is 1. The molecule has 0 spiro atoms. The van der Waals surface area contributed by atoms with Gasteiger partial charge in [0.2, 0.25) is 0 Å². The Labute approximate surface area is 101 Å². The predicted octanol–water partition coefficient (Wildman–Crippen LogP) is 2.19. The van der Waals surface area contributed by atoms with Crippen LogP contribution in [0.2, 0.25) is 0 Å². The normalized spacial score (nSPS) is 17.1. The molecular formula is C13H29NO2. The summed E-state index contributed by atoms with van der Waals surface area (Å²) in [4.78, 5) is 0. The zero-order chi connectivity index (χ0) is 12.4. The molecule has 0 aliphatic carbocycles. The summed E-state index contributed by atoms with van der Waals surface area (Å²) in [7, 11) is 1.70. The number of hydrogen-bond donors (Lipinski definition) is 2. The van der Waals surface area contributed by atoms with E-state index >= 15 is 0 Å². The SMILES string of the molecule is CCCC(C)CC(C)(O)CCNCCOC. The molecule has 16 heavy (non-hydrogen) atoms. The summed E-state index contributed by atoms with van der Waals surface area (Å²) < 4.78 is 4.95. The van der Waals surface area contributed by atoms with Gasteiger partial charge in [-0.25, -0.2) is 0 Å². The lowest BCUT2D eigenvalue weighted by molar-refractivity contribution is 0.0265. The fraction of sp³-hybridized carbons (Fsp3) is 1.00. The molecule has 0 radical (unpaired) electrons. The van der Waals surface area contributed by atoms with Gasteiger partial charge in [-0.05, 0) is 32.2 Å². The van der Waals surface area contributed by atoms with Crippen LogP contribution in [0.1, 0.15) is 46.5 Å². The van der Waals surface area contributed by atoms with Crippen molar-refractivity contribution in [2.24, 2.45) is 5.92 Å². The Bertz CT molecular complexity index is 160. The van der Waals surface area contributed by atoms with Crippen LogP contribution in [0.4, 0.5) is 0 Å². The molecule has 0 aliphatic heterocycles. The average molecular weight is 231 g/mol. The summed E-state index contributed by atoms with van der Waals surface area (Å²) in [6, 6.07) is 0. The van der Waals surface area contributed by atoms with Crippen LogP contribution in [0.5, 0.6) is 0 Å². The highest BCUT2D eigenvalue weighted by Gasteiger charge is 2.22. The second-order valence-electron chi connectivity index (χ2n) is 5.09. The zero-order valence-electron chi connectivity index (χ0n) is 11.4. The van der Waals surface area contributed by atoms with Gasteiger partial charge in [0.25, 0.3) is 0 Å². The van der Waals surface area contributed by atoms with Crippen molar-refractivity contribution in [3.63, 3.8) is 0 Å². The molecule has 2 atom stereocenters. The number of methoxy groups -OCH3 is 1. The quantitative estimate of drug-likeness (QED) is 0.566. The van der Waals surface area contributed by atoms with E-state index in [4.69, 9.17) is 4.74 Å². The van der Waals surface area contributed by atoms with Gasteiger partial charge in [0.05, 0.1) is 12.2 Å². The molecular weight excluding hydrogens is 202 g/mol. The molecule has 0 heterocycles. The first-order valence-electron chi connectivity index (χ1n) is 6.44. The molecule has 0 saturated carbocycles. The maximum Gasteiger partial charge on any atom is 0.0634 e. The molecule has 0 aliphatic rings. The highest BCUT2D eigenvalue weighted by Crippen LogP contribution is 2.22. The van der Waals surface area contributed by atoms with Crippen molar-refractivity contribution in [3.8, 4) is 0 Å². The molecule has 0 aromatic carbocycles. The van der Waals surface area contributed by atoms with E-state index in [9.17, 15) is 5.11 Å². The van der Waals surface area contributed by atoms with E-state index in [0.717, 1.165) is 32.5 Å². The van der Waals surface area contributed by atoms with Crippen molar-refractivity contribution in [2.45, 2.75) is 52.1 Å². The van der Waals surface area contributed by atoms with Crippen LogP contribution in [-0.4, -0.2) is 37.5 Å². The maximum absolute atomic E-state index is 10.2. The van der Waals surface area contributed by atoms with Crippen molar-refractivity contribution in [1.29, 1.82) is 0 Å². The first kappa shape index (κ1) is 15.9. The van der Waals surface area contributed by atoms with Crippen molar-refractivity contribution >= 4 is 0 Å². The molecule has 0 rings (SSSR count). The second-order valence-corrected chi connectivity index (χ2v) is 5.09. The molecule has 0 amide bonds. The Hall–Kier alpha value is -0.120. The van der Waals surface area contributed by atoms with Gasteiger partial charge in [0.1, 0.15) is 0 Å².